The van der Waals surface area contributed by atoms with Crippen molar-refractivity contribution in [3.63, 3.8) is 0 Å². The third kappa shape index (κ3) is 3.19. The van der Waals surface area contributed by atoms with Crippen LogP contribution in [0.25, 0.3) is 0 Å². The van der Waals surface area contributed by atoms with Crippen molar-refractivity contribution in [2.24, 2.45) is 5.73 Å². The second-order valence-corrected chi connectivity index (χ2v) is 5.60. The molecule has 20 heavy (non-hydrogen) atoms. The quantitative estimate of drug-likeness (QED) is 0.884. The predicted molar refractivity (Wildman–Crippen MR) is 84.9 cm³/mol. The topological polar surface area (TPSA) is 53.0 Å². The van der Waals surface area contributed by atoms with Gasteiger partial charge in [-0.05, 0) is 36.1 Å². The van der Waals surface area contributed by atoms with E-state index >= 15 is 0 Å². The molecule has 1 atom stereocenters. The standard InChI is InChI=1S/C16H19N3S/c1-13-8-11-20-16(13)15(12-18)19(10-5-9-17)14-6-3-2-4-7-14/h2-4,6-8,11,15H,5,10,12,18H2,1H3. The molecule has 0 saturated heterocycles. The summed E-state index contributed by atoms with van der Waals surface area (Å²) in [5.74, 6) is 0. The first-order valence-electron chi connectivity index (χ1n) is 6.70. The molecular formula is C16H19N3S. The van der Waals surface area contributed by atoms with Crippen LogP contribution in [0, 0.1) is 18.3 Å². The lowest BCUT2D eigenvalue weighted by Gasteiger charge is -2.32. The molecule has 2 N–H and O–H groups in total. The number of rotatable bonds is 6. The van der Waals surface area contributed by atoms with E-state index in [1.165, 1.54) is 10.4 Å². The van der Waals surface area contributed by atoms with E-state index in [-0.39, 0.29) is 6.04 Å². The van der Waals surface area contributed by atoms with E-state index in [0.29, 0.717) is 19.5 Å². The van der Waals surface area contributed by atoms with Crippen molar-refractivity contribution in [3.8, 4) is 6.07 Å². The summed E-state index contributed by atoms with van der Waals surface area (Å²) in [6, 6.07) is 14.7. The van der Waals surface area contributed by atoms with E-state index in [0.717, 1.165) is 5.69 Å². The second kappa shape index (κ2) is 7.09. The van der Waals surface area contributed by atoms with Gasteiger partial charge < -0.3 is 10.6 Å². The number of thiophene rings is 1. The number of anilines is 1. The Bertz CT molecular complexity index is 571. The summed E-state index contributed by atoms with van der Waals surface area (Å²) in [5, 5.41) is 11.0. The first-order valence-corrected chi connectivity index (χ1v) is 7.58. The molecule has 2 aromatic rings. The molecule has 0 bridgehead atoms. The lowest BCUT2D eigenvalue weighted by molar-refractivity contribution is 0.638. The first kappa shape index (κ1) is 14.6. The third-order valence-electron chi connectivity index (χ3n) is 3.36. The molecule has 1 aromatic heterocycles. The number of aryl methyl sites for hydroxylation is 1. The van der Waals surface area contributed by atoms with E-state index in [4.69, 9.17) is 11.0 Å². The molecule has 104 valence electrons. The van der Waals surface area contributed by atoms with Crippen LogP contribution in [-0.4, -0.2) is 13.1 Å². The van der Waals surface area contributed by atoms with E-state index in [2.05, 4.69) is 41.5 Å². The summed E-state index contributed by atoms with van der Waals surface area (Å²) in [7, 11) is 0. The number of benzene rings is 1. The van der Waals surface area contributed by atoms with E-state index in [1.807, 2.05) is 18.2 Å². The van der Waals surface area contributed by atoms with Crippen molar-refractivity contribution in [3.05, 3.63) is 52.2 Å². The van der Waals surface area contributed by atoms with E-state index in [1.54, 1.807) is 11.3 Å². The smallest absolute Gasteiger partial charge is 0.0760 e. The van der Waals surface area contributed by atoms with Crippen LogP contribution >= 0.6 is 11.3 Å². The Morgan fingerprint density at radius 3 is 2.60 bits per heavy atom. The molecule has 0 aliphatic carbocycles. The highest BCUT2D eigenvalue weighted by Crippen LogP contribution is 2.31. The molecule has 0 fully saturated rings. The first-order chi connectivity index (χ1) is 9.77. The van der Waals surface area contributed by atoms with Gasteiger partial charge in [-0.2, -0.15) is 5.26 Å². The molecule has 2 rings (SSSR count). The van der Waals surface area contributed by atoms with E-state index < -0.39 is 0 Å². The zero-order chi connectivity index (χ0) is 14.4. The lowest BCUT2D eigenvalue weighted by Crippen LogP contribution is -2.34. The van der Waals surface area contributed by atoms with Gasteiger partial charge in [-0.3, -0.25) is 0 Å². The average Bonchev–Trinajstić information content (AvgIpc) is 2.90. The van der Waals surface area contributed by atoms with Crippen LogP contribution < -0.4 is 10.6 Å². The SMILES string of the molecule is Cc1ccsc1C(CN)N(CCC#N)c1ccccc1. The van der Waals surface area contributed by atoms with Gasteiger partial charge in [0, 0.05) is 23.7 Å². The normalized spacial score (nSPS) is 11.8. The number of para-hydroxylation sites is 1. The number of hydrogen-bond acceptors (Lipinski definition) is 4. The molecule has 1 aromatic carbocycles. The summed E-state index contributed by atoms with van der Waals surface area (Å²) in [4.78, 5) is 3.52. The van der Waals surface area contributed by atoms with Gasteiger partial charge in [0.15, 0.2) is 0 Å². The molecule has 0 radical (unpaired) electrons. The summed E-state index contributed by atoms with van der Waals surface area (Å²) in [5.41, 5.74) is 8.41. The number of hydrogen-bond donors (Lipinski definition) is 1. The zero-order valence-corrected chi connectivity index (χ0v) is 12.4. The number of nitrogens with two attached hydrogens (primary N) is 1. The van der Waals surface area contributed by atoms with Gasteiger partial charge in [0.25, 0.3) is 0 Å². The van der Waals surface area contributed by atoms with Gasteiger partial charge in [0.1, 0.15) is 0 Å². The van der Waals surface area contributed by atoms with Crippen molar-refractivity contribution in [2.45, 2.75) is 19.4 Å². The van der Waals surface area contributed by atoms with Gasteiger partial charge in [0.05, 0.1) is 18.5 Å². The maximum Gasteiger partial charge on any atom is 0.0760 e. The minimum absolute atomic E-state index is 0.130. The highest BCUT2D eigenvalue weighted by Gasteiger charge is 2.21. The summed E-state index contributed by atoms with van der Waals surface area (Å²) in [6.07, 6.45) is 0.496. The molecule has 1 heterocycles. The van der Waals surface area contributed by atoms with Gasteiger partial charge in [-0.25, -0.2) is 0 Å². The third-order valence-corrected chi connectivity index (χ3v) is 4.48. The van der Waals surface area contributed by atoms with Crippen LogP contribution in [0.5, 0.6) is 0 Å². The number of nitrogens with zero attached hydrogens (tertiary/aromatic N) is 2. The zero-order valence-electron chi connectivity index (χ0n) is 11.6. The van der Waals surface area contributed by atoms with Crippen LogP contribution in [0.1, 0.15) is 22.9 Å². The van der Waals surface area contributed by atoms with Gasteiger partial charge in [-0.1, -0.05) is 18.2 Å². The lowest BCUT2D eigenvalue weighted by atomic mass is 10.1. The van der Waals surface area contributed by atoms with Gasteiger partial charge in [-0.15, -0.1) is 11.3 Å². The highest BCUT2D eigenvalue weighted by molar-refractivity contribution is 7.10. The molecule has 0 aliphatic rings. The minimum Gasteiger partial charge on any atom is -0.361 e. The Morgan fingerprint density at radius 2 is 2.05 bits per heavy atom. The maximum absolute atomic E-state index is 8.90. The molecule has 0 saturated carbocycles. The van der Waals surface area contributed by atoms with Crippen molar-refractivity contribution in [1.82, 2.24) is 0 Å². The minimum atomic E-state index is 0.130. The van der Waals surface area contributed by atoms with Crippen LogP contribution in [0.3, 0.4) is 0 Å². The second-order valence-electron chi connectivity index (χ2n) is 4.66. The summed E-state index contributed by atoms with van der Waals surface area (Å²) < 4.78 is 0. The van der Waals surface area contributed by atoms with Crippen molar-refractivity contribution < 1.29 is 0 Å². The van der Waals surface area contributed by atoms with Crippen LogP contribution in [0.4, 0.5) is 5.69 Å². The van der Waals surface area contributed by atoms with Crippen molar-refractivity contribution >= 4 is 17.0 Å². The number of nitriles is 1. The Balaban J connectivity index is 2.34. The Kier molecular flexibility index (Phi) is 5.16. The van der Waals surface area contributed by atoms with Crippen molar-refractivity contribution in [2.75, 3.05) is 18.0 Å². The largest absolute Gasteiger partial charge is 0.361 e. The molecule has 0 amide bonds. The molecule has 1 unspecified atom stereocenters. The van der Waals surface area contributed by atoms with Crippen LogP contribution in [-0.2, 0) is 0 Å². The maximum atomic E-state index is 8.90. The Morgan fingerprint density at radius 1 is 1.30 bits per heavy atom. The fourth-order valence-corrected chi connectivity index (χ4v) is 3.41. The Hall–Kier alpha value is -1.83. The molecule has 3 nitrogen and oxygen atoms in total. The average molecular weight is 285 g/mol. The molecule has 4 heteroatoms. The van der Waals surface area contributed by atoms with E-state index in [9.17, 15) is 0 Å². The molecular weight excluding hydrogens is 266 g/mol. The fourth-order valence-electron chi connectivity index (χ4n) is 2.36. The molecule has 0 aliphatic heterocycles. The molecule has 0 spiro atoms. The summed E-state index contributed by atoms with van der Waals surface area (Å²) >= 11 is 1.73. The van der Waals surface area contributed by atoms with Gasteiger partial charge in [0.2, 0.25) is 0 Å². The highest BCUT2D eigenvalue weighted by atomic mass is 32.1. The van der Waals surface area contributed by atoms with Crippen LogP contribution in [0.2, 0.25) is 0 Å². The summed E-state index contributed by atoms with van der Waals surface area (Å²) in [6.45, 7) is 3.35. The predicted octanol–water partition coefficient (Wildman–Crippen LogP) is 3.48. The van der Waals surface area contributed by atoms with Crippen LogP contribution in [0.15, 0.2) is 41.8 Å². The van der Waals surface area contributed by atoms with Gasteiger partial charge >= 0.3 is 0 Å². The fraction of sp³-hybridized carbons (Fsp3) is 0.312. The van der Waals surface area contributed by atoms with Crippen molar-refractivity contribution in [1.29, 1.82) is 5.26 Å². The Labute approximate surface area is 124 Å². The monoisotopic (exact) mass is 285 g/mol.